The van der Waals surface area contributed by atoms with Crippen LogP contribution in [0.25, 0.3) is 0 Å². The van der Waals surface area contributed by atoms with E-state index in [0.717, 1.165) is 0 Å². The smallest absolute Gasteiger partial charge is 0.257 e. The van der Waals surface area contributed by atoms with Gasteiger partial charge in [-0.05, 0) is 6.92 Å². The van der Waals surface area contributed by atoms with Gasteiger partial charge in [0.15, 0.2) is 0 Å². The van der Waals surface area contributed by atoms with Crippen molar-refractivity contribution in [2.24, 2.45) is 0 Å². The van der Waals surface area contributed by atoms with E-state index in [9.17, 15) is 9.59 Å². The molecular weight excluding hydrogens is 196 g/mol. The first-order chi connectivity index (χ1) is 7.06. The third kappa shape index (κ3) is 2.55. The van der Waals surface area contributed by atoms with Crippen LogP contribution in [0.15, 0.2) is 6.20 Å². The Hall–Kier alpha value is -1.85. The Morgan fingerprint density at radius 1 is 1.60 bits per heavy atom. The van der Waals surface area contributed by atoms with Crippen molar-refractivity contribution in [1.29, 1.82) is 0 Å². The molecule has 82 valence electrons. The minimum Gasteiger partial charge on any atom is -0.358 e. The van der Waals surface area contributed by atoms with Crippen LogP contribution < -0.4 is 5.32 Å². The van der Waals surface area contributed by atoms with Crippen molar-refractivity contribution in [3.8, 4) is 0 Å². The molecule has 0 atom stereocenters. The third-order valence-electron chi connectivity index (χ3n) is 2.07. The van der Waals surface area contributed by atoms with Gasteiger partial charge in [0.1, 0.15) is 0 Å². The molecule has 0 unspecified atom stereocenters. The first-order valence-electron chi connectivity index (χ1n) is 4.52. The molecule has 0 saturated carbocycles. The van der Waals surface area contributed by atoms with Crippen LogP contribution in [0.3, 0.4) is 0 Å². The zero-order valence-corrected chi connectivity index (χ0v) is 9.00. The second-order valence-corrected chi connectivity index (χ2v) is 3.24. The first-order valence-corrected chi connectivity index (χ1v) is 4.52. The van der Waals surface area contributed by atoms with Gasteiger partial charge in [-0.15, -0.1) is 0 Å². The predicted molar refractivity (Wildman–Crippen MR) is 54.4 cm³/mol. The molecule has 0 saturated heterocycles. The molecule has 2 amide bonds. The maximum absolute atomic E-state index is 11.8. The minimum atomic E-state index is -0.218. The van der Waals surface area contributed by atoms with Gasteiger partial charge in [0.05, 0.1) is 18.3 Å². The van der Waals surface area contributed by atoms with Gasteiger partial charge in [-0.25, -0.2) is 0 Å². The van der Waals surface area contributed by atoms with Crippen LogP contribution in [0.4, 0.5) is 0 Å². The van der Waals surface area contributed by atoms with E-state index in [0.29, 0.717) is 11.3 Å². The van der Waals surface area contributed by atoms with Crippen LogP contribution in [0.1, 0.15) is 16.1 Å². The average Bonchev–Trinajstić information content (AvgIpc) is 2.63. The molecule has 6 nitrogen and oxygen atoms in total. The quantitative estimate of drug-likeness (QED) is 0.708. The van der Waals surface area contributed by atoms with Crippen molar-refractivity contribution < 1.29 is 9.59 Å². The van der Waals surface area contributed by atoms with Gasteiger partial charge >= 0.3 is 0 Å². The molecular formula is C9H14N4O2. The van der Waals surface area contributed by atoms with Gasteiger partial charge in [0.25, 0.3) is 5.91 Å². The second kappa shape index (κ2) is 4.59. The number of nitrogens with zero attached hydrogens (tertiary/aromatic N) is 2. The molecule has 1 aromatic heterocycles. The number of H-pyrrole nitrogens is 1. The van der Waals surface area contributed by atoms with Crippen molar-refractivity contribution in [2.45, 2.75) is 6.92 Å². The standard InChI is InChI=1S/C9H14N4O2/c1-6-7(4-11-12-6)9(15)13(3)5-8(14)10-2/h4H,5H2,1-3H3,(H,10,14)(H,11,12). The molecule has 0 spiro atoms. The van der Waals surface area contributed by atoms with E-state index in [-0.39, 0.29) is 18.4 Å². The summed E-state index contributed by atoms with van der Waals surface area (Å²) in [6, 6.07) is 0. The van der Waals surface area contributed by atoms with Gasteiger partial charge < -0.3 is 10.2 Å². The normalized spacial score (nSPS) is 9.80. The topological polar surface area (TPSA) is 78.1 Å². The molecule has 0 radical (unpaired) electrons. The lowest BCUT2D eigenvalue weighted by atomic mass is 10.2. The largest absolute Gasteiger partial charge is 0.358 e. The van der Waals surface area contributed by atoms with Crippen molar-refractivity contribution in [2.75, 3.05) is 20.6 Å². The lowest BCUT2D eigenvalue weighted by Gasteiger charge is -2.15. The van der Waals surface area contributed by atoms with E-state index in [1.807, 2.05) is 0 Å². The van der Waals surface area contributed by atoms with Crippen LogP contribution in [0.2, 0.25) is 0 Å². The molecule has 6 heteroatoms. The minimum absolute atomic E-state index is 0.0416. The van der Waals surface area contributed by atoms with Crippen LogP contribution in [-0.4, -0.2) is 47.6 Å². The summed E-state index contributed by atoms with van der Waals surface area (Å²) in [5, 5.41) is 8.88. The molecule has 1 rings (SSSR count). The Morgan fingerprint density at radius 2 is 2.27 bits per heavy atom. The fraction of sp³-hybridized carbons (Fsp3) is 0.444. The van der Waals surface area contributed by atoms with Gasteiger partial charge in [0.2, 0.25) is 5.91 Å². The van der Waals surface area contributed by atoms with Crippen LogP contribution in [-0.2, 0) is 4.79 Å². The van der Waals surface area contributed by atoms with Gasteiger partial charge in [-0.2, -0.15) is 5.10 Å². The van der Waals surface area contributed by atoms with Gasteiger partial charge in [-0.3, -0.25) is 14.7 Å². The summed E-state index contributed by atoms with van der Waals surface area (Å²) in [6.07, 6.45) is 1.46. The molecule has 0 aliphatic carbocycles. The van der Waals surface area contributed by atoms with E-state index in [4.69, 9.17) is 0 Å². The summed E-state index contributed by atoms with van der Waals surface area (Å²) in [5.41, 5.74) is 1.19. The zero-order valence-electron chi connectivity index (χ0n) is 9.00. The van der Waals surface area contributed by atoms with E-state index in [2.05, 4.69) is 15.5 Å². The molecule has 0 aliphatic heterocycles. The highest BCUT2D eigenvalue weighted by molar-refractivity contribution is 5.96. The number of rotatable bonds is 3. The average molecular weight is 210 g/mol. The Labute approximate surface area is 87.7 Å². The number of hydrogen-bond donors (Lipinski definition) is 2. The Kier molecular flexibility index (Phi) is 3.43. The summed E-state index contributed by atoms with van der Waals surface area (Å²) in [4.78, 5) is 24.2. The van der Waals surface area contributed by atoms with E-state index in [1.165, 1.54) is 18.1 Å². The van der Waals surface area contributed by atoms with Crippen molar-refractivity contribution in [3.05, 3.63) is 17.5 Å². The Morgan fingerprint density at radius 3 is 2.73 bits per heavy atom. The summed E-state index contributed by atoms with van der Waals surface area (Å²) in [5.74, 6) is -0.420. The lowest BCUT2D eigenvalue weighted by molar-refractivity contribution is -0.121. The molecule has 0 bridgehead atoms. The zero-order chi connectivity index (χ0) is 11.4. The molecule has 2 N–H and O–H groups in total. The Bertz CT molecular complexity index is 372. The van der Waals surface area contributed by atoms with E-state index in [1.54, 1.807) is 14.0 Å². The third-order valence-corrected chi connectivity index (χ3v) is 2.07. The first kappa shape index (κ1) is 11.2. The highest BCUT2D eigenvalue weighted by Gasteiger charge is 2.17. The Balaban J connectivity index is 2.69. The summed E-state index contributed by atoms with van der Waals surface area (Å²) in [7, 11) is 3.10. The summed E-state index contributed by atoms with van der Waals surface area (Å²) < 4.78 is 0. The number of carbonyl (C=O) groups excluding carboxylic acids is 2. The van der Waals surface area contributed by atoms with E-state index < -0.39 is 0 Å². The van der Waals surface area contributed by atoms with Crippen LogP contribution in [0.5, 0.6) is 0 Å². The number of nitrogens with one attached hydrogen (secondary N) is 2. The molecule has 1 heterocycles. The highest BCUT2D eigenvalue weighted by atomic mass is 16.2. The van der Waals surface area contributed by atoms with Crippen molar-refractivity contribution in [1.82, 2.24) is 20.4 Å². The summed E-state index contributed by atoms with van der Waals surface area (Å²) in [6.45, 7) is 1.80. The highest BCUT2D eigenvalue weighted by Crippen LogP contribution is 2.05. The maximum atomic E-state index is 11.8. The fourth-order valence-corrected chi connectivity index (χ4v) is 1.14. The predicted octanol–water partition coefficient (Wildman–Crippen LogP) is -0.464. The number of aromatic nitrogens is 2. The van der Waals surface area contributed by atoms with Crippen LogP contribution in [0, 0.1) is 6.92 Å². The van der Waals surface area contributed by atoms with Gasteiger partial charge in [0, 0.05) is 19.8 Å². The molecule has 0 fully saturated rings. The van der Waals surface area contributed by atoms with Crippen molar-refractivity contribution >= 4 is 11.8 Å². The summed E-state index contributed by atoms with van der Waals surface area (Å²) >= 11 is 0. The monoisotopic (exact) mass is 210 g/mol. The lowest BCUT2D eigenvalue weighted by Crippen LogP contribution is -2.37. The number of aromatic amines is 1. The van der Waals surface area contributed by atoms with Crippen molar-refractivity contribution in [3.63, 3.8) is 0 Å². The van der Waals surface area contributed by atoms with Gasteiger partial charge in [-0.1, -0.05) is 0 Å². The molecule has 0 aromatic carbocycles. The number of hydrogen-bond acceptors (Lipinski definition) is 3. The maximum Gasteiger partial charge on any atom is 0.257 e. The SMILES string of the molecule is CNC(=O)CN(C)C(=O)c1cn[nH]c1C. The molecule has 15 heavy (non-hydrogen) atoms. The molecule has 1 aromatic rings. The molecule has 0 aliphatic rings. The fourth-order valence-electron chi connectivity index (χ4n) is 1.14. The number of carbonyl (C=O) groups is 2. The second-order valence-electron chi connectivity index (χ2n) is 3.24. The number of aryl methyl sites for hydroxylation is 1. The van der Waals surface area contributed by atoms with Crippen LogP contribution >= 0.6 is 0 Å². The number of amides is 2. The van der Waals surface area contributed by atoms with E-state index >= 15 is 0 Å². The number of likely N-dealkylation sites (N-methyl/N-ethyl adjacent to an activating group) is 2.